The summed E-state index contributed by atoms with van der Waals surface area (Å²) in [4.78, 5) is 0. The van der Waals surface area contributed by atoms with Crippen molar-refractivity contribution in [1.82, 2.24) is 0 Å². The number of hydrogen-bond donors (Lipinski definition) is 1. The molecule has 0 aromatic carbocycles. The van der Waals surface area contributed by atoms with Gasteiger partial charge in [-0.2, -0.15) is 0 Å². The van der Waals surface area contributed by atoms with Gasteiger partial charge in [0.15, 0.2) is 0 Å². The van der Waals surface area contributed by atoms with E-state index in [1.165, 1.54) is 0 Å². The van der Waals surface area contributed by atoms with Crippen molar-refractivity contribution in [1.29, 1.82) is 0 Å². The minimum Gasteiger partial charge on any atom is -0.468 e. The molecule has 0 fully saturated rings. The Labute approximate surface area is 78.9 Å². The van der Waals surface area contributed by atoms with E-state index in [1.807, 2.05) is 6.07 Å². The summed E-state index contributed by atoms with van der Waals surface area (Å²) in [7, 11) is 0. The van der Waals surface area contributed by atoms with E-state index in [-0.39, 0.29) is 0 Å². The molecule has 0 aliphatic heterocycles. The summed E-state index contributed by atoms with van der Waals surface area (Å²) in [6.07, 6.45) is 2.97. The van der Waals surface area contributed by atoms with Crippen LogP contribution in [0.4, 0.5) is 0 Å². The van der Waals surface area contributed by atoms with Gasteiger partial charge in [-0.05, 0) is 19.4 Å². The van der Waals surface area contributed by atoms with Crippen LogP contribution in [0.15, 0.2) is 16.7 Å². The summed E-state index contributed by atoms with van der Waals surface area (Å²) in [5.74, 6) is 0.823. The molecule has 2 N–H and O–H groups in total. The molecule has 1 unspecified atom stereocenters. The molecule has 3 nitrogen and oxygen atoms in total. The monoisotopic (exact) mass is 183 g/mol. The average Bonchev–Trinajstić information content (AvgIpc) is 2.61. The van der Waals surface area contributed by atoms with Crippen molar-refractivity contribution in [3.63, 3.8) is 0 Å². The van der Waals surface area contributed by atoms with Crippen molar-refractivity contribution in [2.75, 3.05) is 0 Å². The zero-order chi connectivity index (χ0) is 9.68. The maximum absolute atomic E-state index is 5.56. The van der Waals surface area contributed by atoms with E-state index in [0.717, 1.165) is 17.7 Å². The molecule has 0 radical (unpaired) electrons. The van der Waals surface area contributed by atoms with Crippen molar-refractivity contribution >= 4 is 0 Å². The van der Waals surface area contributed by atoms with Gasteiger partial charge in [-0.25, -0.2) is 0 Å². The minimum absolute atomic E-state index is 0.292. The van der Waals surface area contributed by atoms with Crippen LogP contribution in [0.2, 0.25) is 0 Å². The fourth-order valence-electron chi connectivity index (χ4n) is 1.02. The van der Waals surface area contributed by atoms with Gasteiger partial charge in [0, 0.05) is 5.56 Å². The van der Waals surface area contributed by atoms with Crippen LogP contribution in [0.3, 0.4) is 0 Å². The molecular weight excluding hydrogens is 166 g/mol. The smallest absolute Gasteiger partial charge is 0.122 e. The Morgan fingerprint density at radius 1 is 1.62 bits per heavy atom. The highest BCUT2D eigenvalue weighted by molar-refractivity contribution is 5.15. The van der Waals surface area contributed by atoms with Gasteiger partial charge >= 0.3 is 0 Å². The third-order valence-corrected chi connectivity index (χ3v) is 2.12. The first-order valence-electron chi connectivity index (χ1n) is 4.64. The van der Waals surface area contributed by atoms with Gasteiger partial charge in [0.25, 0.3) is 0 Å². The molecule has 13 heavy (non-hydrogen) atoms. The van der Waals surface area contributed by atoms with Crippen molar-refractivity contribution in [3.8, 4) is 0 Å². The van der Waals surface area contributed by atoms with E-state index in [1.54, 1.807) is 6.26 Å². The highest BCUT2D eigenvalue weighted by Gasteiger charge is 2.05. The van der Waals surface area contributed by atoms with Gasteiger partial charge in [-0.3, -0.25) is 0 Å². The first-order valence-corrected chi connectivity index (χ1v) is 4.64. The van der Waals surface area contributed by atoms with Gasteiger partial charge < -0.3 is 14.9 Å². The molecule has 3 heteroatoms. The van der Waals surface area contributed by atoms with Crippen LogP contribution in [0.5, 0.6) is 0 Å². The van der Waals surface area contributed by atoms with E-state index in [9.17, 15) is 0 Å². The van der Waals surface area contributed by atoms with Crippen LogP contribution in [0, 0.1) is 0 Å². The molecule has 1 rings (SSSR count). The topological polar surface area (TPSA) is 48.4 Å². The van der Waals surface area contributed by atoms with Crippen molar-refractivity contribution in [2.24, 2.45) is 5.73 Å². The van der Waals surface area contributed by atoms with E-state index >= 15 is 0 Å². The Morgan fingerprint density at radius 3 is 3.00 bits per heavy atom. The lowest BCUT2D eigenvalue weighted by Crippen LogP contribution is -2.07. The lowest BCUT2D eigenvalue weighted by Gasteiger charge is -2.09. The largest absolute Gasteiger partial charge is 0.468 e. The van der Waals surface area contributed by atoms with Gasteiger partial charge in [-0.15, -0.1) is 0 Å². The molecular formula is C10H17NO2. The fourth-order valence-corrected chi connectivity index (χ4v) is 1.02. The first-order chi connectivity index (χ1) is 6.27. The molecule has 0 saturated heterocycles. The third-order valence-electron chi connectivity index (χ3n) is 2.12. The number of hydrogen-bond acceptors (Lipinski definition) is 3. The van der Waals surface area contributed by atoms with Gasteiger partial charge in [0.2, 0.25) is 0 Å². The Kier molecular flexibility index (Phi) is 3.99. The molecule has 0 aliphatic carbocycles. The molecule has 0 spiro atoms. The fraction of sp³-hybridized carbons (Fsp3) is 0.600. The summed E-state index contributed by atoms with van der Waals surface area (Å²) >= 11 is 0. The zero-order valence-electron chi connectivity index (χ0n) is 8.25. The van der Waals surface area contributed by atoms with Crippen LogP contribution in [-0.2, 0) is 17.9 Å². The standard InChI is InChI=1S/C10H17NO2/c1-3-8(2)13-7-9-4-5-12-10(9)6-11/h4-5,8H,3,6-7,11H2,1-2H3. The second kappa shape index (κ2) is 5.04. The first kappa shape index (κ1) is 10.3. The highest BCUT2D eigenvalue weighted by Crippen LogP contribution is 2.12. The van der Waals surface area contributed by atoms with Gasteiger partial charge in [-0.1, -0.05) is 6.92 Å². The Balaban J connectivity index is 2.44. The summed E-state index contributed by atoms with van der Waals surface area (Å²) in [6.45, 7) is 5.19. The summed E-state index contributed by atoms with van der Waals surface area (Å²) in [5, 5.41) is 0. The summed E-state index contributed by atoms with van der Waals surface area (Å²) in [5.41, 5.74) is 6.54. The second-order valence-corrected chi connectivity index (χ2v) is 3.10. The molecule has 74 valence electrons. The number of nitrogens with two attached hydrogens (primary N) is 1. The number of furan rings is 1. The van der Waals surface area contributed by atoms with Crippen LogP contribution in [0.25, 0.3) is 0 Å². The Hall–Kier alpha value is -0.800. The molecule has 1 heterocycles. The summed E-state index contributed by atoms with van der Waals surface area (Å²) in [6, 6.07) is 1.91. The maximum atomic E-state index is 5.56. The lowest BCUT2D eigenvalue weighted by molar-refractivity contribution is 0.0500. The average molecular weight is 183 g/mol. The van der Waals surface area contributed by atoms with Gasteiger partial charge in [0.05, 0.1) is 25.5 Å². The normalized spacial score (nSPS) is 13.2. The molecule has 0 bridgehead atoms. The maximum Gasteiger partial charge on any atom is 0.122 e. The minimum atomic E-state index is 0.292. The second-order valence-electron chi connectivity index (χ2n) is 3.10. The van der Waals surface area contributed by atoms with Crippen molar-refractivity contribution < 1.29 is 9.15 Å². The Bertz CT molecular complexity index is 245. The van der Waals surface area contributed by atoms with Crippen LogP contribution in [-0.4, -0.2) is 6.10 Å². The predicted octanol–water partition coefficient (Wildman–Crippen LogP) is 2.05. The molecule has 1 atom stereocenters. The van der Waals surface area contributed by atoms with E-state index in [4.69, 9.17) is 14.9 Å². The van der Waals surface area contributed by atoms with Crippen LogP contribution >= 0.6 is 0 Å². The lowest BCUT2D eigenvalue weighted by atomic mass is 10.2. The third kappa shape index (κ3) is 2.86. The van der Waals surface area contributed by atoms with E-state index < -0.39 is 0 Å². The quantitative estimate of drug-likeness (QED) is 0.760. The molecule has 0 aliphatic rings. The molecule has 0 saturated carbocycles. The van der Waals surface area contributed by atoms with E-state index in [2.05, 4.69) is 13.8 Å². The molecule has 0 amide bonds. The molecule has 1 aromatic heterocycles. The number of ether oxygens (including phenoxy) is 1. The zero-order valence-corrected chi connectivity index (χ0v) is 8.25. The van der Waals surface area contributed by atoms with Crippen molar-refractivity contribution in [2.45, 2.75) is 39.5 Å². The van der Waals surface area contributed by atoms with Crippen LogP contribution in [0.1, 0.15) is 31.6 Å². The van der Waals surface area contributed by atoms with Crippen molar-refractivity contribution in [3.05, 3.63) is 23.7 Å². The Morgan fingerprint density at radius 2 is 2.38 bits per heavy atom. The SMILES string of the molecule is CCC(C)OCc1ccoc1CN. The van der Waals surface area contributed by atoms with Gasteiger partial charge in [0.1, 0.15) is 5.76 Å². The highest BCUT2D eigenvalue weighted by atomic mass is 16.5. The number of rotatable bonds is 5. The predicted molar refractivity (Wildman–Crippen MR) is 51.1 cm³/mol. The van der Waals surface area contributed by atoms with Crippen LogP contribution < -0.4 is 5.73 Å². The summed E-state index contributed by atoms with van der Waals surface area (Å²) < 4.78 is 10.7. The molecule has 1 aromatic rings. The van der Waals surface area contributed by atoms with E-state index in [0.29, 0.717) is 19.3 Å².